The quantitative estimate of drug-likeness (QED) is 0.108. The summed E-state index contributed by atoms with van der Waals surface area (Å²) in [5.41, 5.74) is 2.89. The molecule has 0 spiro atoms. The Labute approximate surface area is 240 Å². The number of unbranched alkanes of at least 4 members (excludes halogenated alkanes) is 3. The van der Waals surface area contributed by atoms with Gasteiger partial charge < -0.3 is 14.2 Å². The smallest absolute Gasteiger partial charge is 0.343 e. The number of carbonyl (C=O) groups is 2. The first kappa shape index (κ1) is 29.4. The summed E-state index contributed by atoms with van der Waals surface area (Å²) >= 11 is 1.16. The van der Waals surface area contributed by atoms with Gasteiger partial charge in [0.2, 0.25) is 6.23 Å². The molecular formula is C31H38N3O5S+. The second-order valence-electron chi connectivity index (χ2n) is 10.3. The van der Waals surface area contributed by atoms with Gasteiger partial charge in [0.25, 0.3) is 5.88 Å². The van der Waals surface area contributed by atoms with Crippen molar-refractivity contribution >= 4 is 29.2 Å². The Kier molecular flexibility index (Phi) is 10.4. The molecule has 2 unspecified atom stereocenters. The van der Waals surface area contributed by atoms with Crippen molar-refractivity contribution in [1.82, 2.24) is 8.75 Å². The molecule has 2 atom stereocenters. The summed E-state index contributed by atoms with van der Waals surface area (Å²) < 4.78 is 27.0. The van der Waals surface area contributed by atoms with E-state index >= 15 is 0 Å². The number of hydrogen-bond acceptors (Lipinski definition) is 8. The summed E-state index contributed by atoms with van der Waals surface area (Å²) in [4.78, 5) is 25.6. The fourth-order valence-corrected chi connectivity index (χ4v) is 5.25. The molecule has 1 aliphatic rings. The van der Waals surface area contributed by atoms with Gasteiger partial charge in [0, 0.05) is 24.5 Å². The number of nitrogens with zero attached hydrogens (tertiary/aromatic N) is 3. The van der Waals surface area contributed by atoms with Gasteiger partial charge >= 0.3 is 11.9 Å². The van der Waals surface area contributed by atoms with Crippen LogP contribution in [0.4, 0.5) is 0 Å². The van der Waals surface area contributed by atoms with Gasteiger partial charge in [-0.1, -0.05) is 68.7 Å². The zero-order valence-corrected chi connectivity index (χ0v) is 24.3. The first-order chi connectivity index (χ1) is 19.4. The van der Waals surface area contributed by atoms with Crippen LogP contribution in [-0.2, 0) is 16.0 Å². The summed E-state index contributed by atoms with van der Waals surface area (Å²) in [6.07, 6.45) is 7.16. The number of rotatable bonds is 13. The highest BCUT2D eigenvalue weighted by Crippen LogP contribution is 2.32. The first-order valence-electron chi connectivity index (χ1n) is 13.9. The molecule has 4 rings (SSSR count). The number of hydrogen-bond donors (Lipinski definition) is 0. The molecule has 1 aromatic heterocycles. The Balaban J connectivity index is 1.35. The Morgan fingerprint density at radius 2 is 1.80 bits per heavy atom. The molecule has 1 aliphatic heterocycles. The van der Waals surface area contributed by atoms with Crippen LogP contribution >= 0.6 is 11.7 Å². The van der Waals surface area contributed by atoms with Gasteiger partial charge in [-0.2, -0.15) is 4.37 Å². The van der Waals surface area contributed by atoms with Crippen LogP contribution in [0, 0.1) is 0 Å². The topological polar surface area (TPSA) is 87.6 Å². The third-order valence-corrected chi connectivity index (χ3v) is 7.77. The lowest BCUT2D eigenvalue weighted by Crippen LogP contribution is -2.55. The maximum atomic E-state index is 13.0. The predicted octanol–water partition coefficient (Wildman–Crippen LogP) is 6.08. The summed E-state index contributed by atoms with van der Waals surface area (Å²) in [5, 5.41) is 0. The van der Waals surface area contributed by atoms with Crippen LogP contribution < -0.4 is 9.47 Å². The van der Waals surface area contributed by atoms with Crippen molar-refractivity contribution in [3.8, 4) is 11.6 Å². The maximum Gasteiger partial charge on any atom is 0.343 e. The second kappa shape index (κ2) is 14.2. The third-order valence-electron chi connectivity index (χ3n) is 7.26. The molecule has 0 amide bonds. The van der Waals surface area contributed by atoms with Crippen molar-refractivity contribution in [3.05, 3.63) is 77.5 Å². The fourth-order valence-electron chi connectivity index (χ4n) is 4.71. The van der Waals surface area contributed by atoms with E-state index in [0.29, 0.717) is 40.4 Å². The van der Waals surface area contributed by atoms with Crippen molar-refractivity contribution in [2.45, 2.75) is 58.6 Å². The van der Waals surface area contributed by atoms with Crippen LogP contribution in [0.2, 0.25) is 0 Å². The minimum Gasteiger partial charge on any atom is -0.475 e. The van der Waals surface area contributed by atoms with Gasteiger partial charge in [-0.25, -0.2) is 4.79 Å². The van der Waals surface area contributed by atoms with Crippen molar-refractivity contribution in [2.75, 3.05) is 26.7 Å². The van der Waals surface area contributed by atoms with Crippen molar-refractivity contribution in [3.63, 3.8) is 0 Å². The monoisotopic (exact) mass is 564 g/mol. The van der Waals surface area contributed by atoms with E-state index in [9.17, 15) is 9.59 Å². The van der Waals surface area contributed by atoms with E-state index in [-0.39, 0.29) is 18.6 Å². The van der Waals surface area contributed by atoms with E-state index < -0.39 is 5.97 Å². The van der Waals surface area contributed by atoms with Crippen LogP contribution in [0.5, 0.6) is 11.6 Å². The highest BCUT2D eigenvalue weighted by atomic mass is 32.1. The van der Waals surface area contributed by atoms with Crippen LogP contribution in [0.1, 0.15) is 67.6 Å². The highest BCUT2D eigenvalue weighted by molar-refractivity contribution is 6.99. The van der Waals surface area contributed by atoms with Gasteiger partial charge in [0.05, 0.1) is 43.9 Å². The molecule has 8 nitrogen and oxygen atoms in total. The second-order valence-corrected chi connectivity index (χ2v) is 10.9. The van der Waals surface area contributed by atoms with E-state index in [1.807, 2.05) is 19.1 Å². The summed E-state index contributed by atoms with van der Waals surface area (Å²) in [7, 11) is 2.09. The lowest BCUT2D eigenvalue weighted by Gasteiger charge is -2.41. The molecule has 40 heavy (non-hydrogen) atoms. The van der Waals surface area contributed by atoms with Crippen molar-refractivity contribution in [1.29, 1.82) is 0 Å². The van der Waals surface area contributed by atoms with E-state index in [1.54, 1.807) is 42.5 Å². The molecule has 0 saturated carbocycles. The van der Waals surface area contributed by atoms with Gasteiger partial charge in [0.15, 0.2) is 0 Å². The van der Waals surface area contributed by atoms with E-state index in [0.717, 1.165) is 48.8 Å². The van der Waals surface area contributed by atoms with Gasteiger partial charge in [0.1, 0.15) is 18.0 Å². The number of quaternary nitrogens is 1. The van der Waals surface area contributed by atoms with Gasteiger partial charge in [-0.15, -0.1) is 4.37 Å². The number of esters is 2. The molecule has 212 valence electrons. The fraction of sp³-hybridized carbons (Fsp3) is 0.419. The first-order valence-corrected chi connectivity index (χ1v) is 14.7. The van der Waals surface area contributed by atoms with E-state index in [4.69, 9.17) is 14.2 Å². The number of benzene rings is 2. The van der Waals surface area contributed by atoms with Crippen LogP contribution in [-0.4, -0.2) is 58.1 Å². The van der Waals surface area contributed by atoms with Crippen LogP contribution in [0.15, 0.2) is 60.7 Å². The summed E-state index contributed by atoms with van der Waals surface area (Å²) in [5.74, 6) is 0.0919. The number of carbonyl (C=O) groups excluding carboxylic acids is 2. The van der Waals surface area contributed by atoms with Crippen LogP contribution in [0.3, 0.4) is 0 Å². The normalized spacial score (nSPS) is 17.5. The Hall–Kier alpha value is -3.56. The molecule has 2 aromatic carbocycles. The van der Waals surface area contributed by atoms with Crippen molar-refractivity contribution in [2.24, 2.45) is 0 Å². The molecule has 0 aliphatic carbocycles. The highest BCUT2D eigenvalue weighted by Gasteiger charge is 2.36. The van der Waals surface area contributed by atoms with Crippen molar-refractivity contribution < 1.29 is 28.3 Å². The molecule has 3 aromatic rings. The molecule has 2 heterocycles. The zero-order valence-electron chi connectivity index (χ0n) is 23.5. The largest absolute Gasteiger partial charge is 0.475 e. The zero-order chi connectivity index (χ0) is 28.4. The lowest BCUT2D eigenvalue weighted by atomic mass is 10.0. The molecule has 0 fully saturated rings. The lowest BCUT2D eigenvalue weighted by molar-refractivity contribution is -0.944. The maximum absolute atomic E-state index is 13.0. The minimum atomic E-state index is -0.471. The van der Waals surface area contributed by atoms with E-state index in [2.05, 4.69) is 28.8 Å². The standard InChI is InChI=1S/C31H38N3O5S/c1-4-5-6-12-20-37-30-29(32-40-33-30)26-17-13-19-34(3,22-26)23(2)38-28(35)21-25-16-10-11-18-27(25)39-31(36)24-14-8-7-9-15-24/h7-11,14-18,23H,4-6,12-13,19-22H2,1-3H3/q+1. The molecule has 0 N–H and O–H groups in total. The molecular weight excluding hydrogens is 526 g/mol. The SMILES string of the molecule is CCCCCCOc1nsnc1C1=CCC[N+](C)(C(C)OC(=O)Cc2ccccc2OC(=O)c2ccccc2)C1. The molecule has 9 heteroatoms. The minimum absolute atomic E-state index is 0.00267. The van der Waals surface area contributed by atoms with Crippen LogP contribution in [0.25, 0.3) is 5.57 Å². The Bertz CT molecular complexity index is 1310. The summed E-state index contributed by atoms with van der Waals surface area (Å²) in [6, 6.07) is 15.8. The number of ether oxygens (including phenoxy) is 3. The Morgan fingerprint density at radius 3 is 2.60 bits per heavy atom. The number of likely N-dealkylation sites (N-methyl/N-ethyl adjacent to an activating group) is 1. The molecule has 0 radical (unpaired) electrons. The number of aromatic nitrogens is 2. The third kappa shape index (κ3) is 7.76. The van der Waals surface area contributed by atoms with Gasteiger partial charge in [-0.05, 0) is 24.6 Å². The van der Waals surface area contributed by atoms with Gasteiger partial charge in [-0.3, -0.25) is 9.28 Å². The predicted molar refractivity (Wildman–Crippen MR) is 155 cm³/mol. The summed E-state index contributed by atoms with van der Waals surface area (Å²) in [6.45, 7) is 6.22. The average molecular weight is 565 g/mol. The van der Waals surface area contributed by atoms with E-state index in [1.165, 1.54) is 12.8 Å². The Morgan fingerprint density at radius 1 is 1.02 bits per heavy atom. The number of para-hydroxylation sites is 1. The molecule has 0 saturated heterocycles. The molecule has 0 bridgehead atoms. The average Bonchev–Trinajstić information content (AvgIpc) is 3.43.